The molecule has 0 aromatic heterocycles. The zero-order valence-electron chi connectivity index (χ0n) is 19.8. The number of para-hydroxylation sites is 1. The molecular weight excluding hydrogens is 450 g/mol. The van der Waals surface area contributed by atoms with Gasteiger partial charge < -0.3 is 24.6 Å². The second-order valence-corrected chi connectivity index (χ2v) is 8.91. The van der Waals surface area contributed by atoms with Gasteiger partial charge in [-0.25, -0.2) is 0 Å². The number of benzene rings is 2. The highest BCUT2D eigenvalue weighted by Gasteiger charge is 2.29. The summed E-state index contributed by atoms with van der Waals surface area (Å²) in [5.41, 5.74) is 4.56. The van der Waals surface area contributed by atoms with Crippen molar-refractivity contribution < 1.29 is 19.3 Å². The van der Waals surface area contributed by atoms with E-state index in [0.717, 1.165) is 40.7 Å². The van der Waals surface area contributed by atoms with Crippen LogP contribution in [0.1, 0.15) is 29.2 Å². The van der Waals surface area contributed by atoms with Crippen LogP contribution in [0.25, 0.3) is 11.1 Å². The summed E-state index contributed by atoms with van der Waals surface area (Å²) in [6.45, 7) is 0.471. The quantitative estimate of drug-likeness (QED) is 0.465. The first-order valence-corrected chi connectivity index (χ1v) is 12.3. The van der Waals surface area contributed by atoms with Crippen molar-refractivity contribution in [2.75, 3.05) is 27.6 Å². The van der Waals surface area contributed by atoms with E-state index in [1.165, 1.54) is 11.8 Å². The van der Waals surface area contributed by atoms with Crippen LogP contribution in [0, 0.1) is 0 Å². The average molecular weight is 480 g/mol. The van der Waals surface area contributed by atoms with Crippen molar-refractivity contribution in [3.63, 3.8) is 0 Å². The second kappa shape index (κ2) is 10.4. The van der Waals surface area contributed by atoms with Crippen LogP contribution in [0.5, 0.6) is 23.0 Å². The van der Waals surface area contributed by atoms with Crippen LogP contribution in [0.3, 0.4) is 0 Å². The number of methoxy groups -OCH3 is 3. The molecule has 1 atom stereocenters. The highest BCUT2D eigenvalue weighted by atomic mass is 32.2. The lowest BCUT2D eigenvalue weighted by Crippen LogP contribution is -2.22. The molecule has 4 rings (SSSR count). The highest BCUT2D eigenvalue weighted by Crippen LogP contribution is 2.50. The Bertz CT molecular complexity index is 1260. The lowest BCUT2D eigenvalue weighted by Gasteiger charge is -2.20. The van der Waals surface area contributed by atoms with Crippen LogP contribution in [-0.2, 0) is 13.0 Å². The van der Waals surface area contributed by atoms with E-state index in [1.54, 1.807) is 39.5 Å². The number of fused-ring (bicyclic) bond motifs is 3. The molecule has 0 spiro atoms. The number of phenols is 1. The lowest BCUT2D eigenvalue weighted by molar-refractivity contribution is 0.324. The summed E-state index contributed by atoms with van der Waals surface area (Å²) in [6.07, 6.45) is 3.40. The van der Waals surface area contributed by atoms with E-state index < -0.39 is 0 Å². The van der Waals surface area contributed by atoms with E-state index in [0.29, 0.717) is 28.7 Å². The Labute approximate surface area is 203 Å². The topological polar surface area (TPSA) is 77.0 Å². The normalized spacial score (nSPS) is 14.5. The third-order valence-corrected chi connectivity index (χ3v) is 7.03. The molecule has 0 heterocycles. The van der Waals surface area contributed by atoms with Crippen molar-refractivity contribution in [2.45, 2.75) is 30.3 Å². The van der Waals surface area contributed by atoms with Gasteiger partial charge in [-0.3, -0.25) is 4.79 Å². The van der Waals surface area contributed by atoms with E-state index in [1.807, 2.05) is 36.6 Å². The highest BCUT2D eigenvalue weighted by molar-refractivity contribution is 7.98. The van der Waals surface area contributed by atoms with Crippen LogP contribution < -0.4 is 25.0 Å². The van der Waals surface area contributed by atoms with Crippen LogP contribution in [0.15, 0.2) is 58.2 Å². The van der Waals surface area contributed by atoms with Crippen LogP contribution in [0.2, 0.25) is 0 Å². The van der Waals surface area contributed by atoms with Crippen molar-refractivity contribution in [3.8, 4) is 34.1 Å². The van der Waals surface area contributed by atoms with Gasteiger partial charge in [0.1, 0.15) is 5.75 Å². The number of rotatable bonds is 7. The molecule has 0 amide bonds. The van der Waals surface area contributed by atoms with Gasteiger partial charge in [-0.2, -0.15) is 0 Å². The van der Waals surface area contributed by atoms with Gasteiger partial charge in [-0.05, 0) is 60.1 Å². The Kier molecular flexibility index (Phi) is 7.34. The molecule has 178 valence electrons. The number of ether oxygens (including phenoxy) is 3. The molecule has 0 radical (unpaired) electrons. The summed E-state index contributed by atoms with van der Waals surface area (Å²) in [6, 6.07) is 14.8. The van der Waals surface area contributed by atoms with Crippen molar-refractivity contribution >= 4 is 11.8 Å². The number of nitrogens with one attached hydrogen (secondary N) is 1. The molecule has 3 aromatic carbocycles. The van der Waals surface area contributed by atoms with Gasteiger partial charge in [0.15, 0.2) is 16.9 Å². The standard InChI is InChI=1S/C27H29NO5S/c1-31-23-13-16-9-11-20(28-15-17-7-5-6-8-21(17)29)19-14-22(30)24(34-4)12-10-18(19)25(16)27(33-3)26(23)32-2/h5-8,10,12-14,20,28-29H,9,11,15H2,1-4H3/t20-/m0/s1. The van der Waals surface area contributed by atoms with E-state index in [2.05, 4.69) is 5.32 Å². The van der Waals surface area contributed by atoms with E-state index in [-0.39, 0.29) is 17.2 Å². The third kappa shape index (κ3) is 4.45. The van der Waals surface area contributed by atoms with Gasteiger partial charge in [0, 0.05) is 23.7 Å². The Morgan fingerprint density at radius 2 is 1.79 bits per heavy atom. The van der Waals surface area contributed by atoms with Gasteiger partial charge in [0.2, 0.25) is 5.75 Å². The Morgan fingerprint density at radius 1 is 1.03 bits per heavy atom. The summed E-state index contributed by atoms with van der Waals surface area (Å²) in [7, 11) is 4.82. The molecule has 7 heteroatoms. The fourth-order valence-electron chi connectivity index (χ4n) is 4.57. The number of thioether (sulfide) groups is 1. The molecule has 34 heavy (non-hydrogen) atoms. The molecule has 0 aliphatic heterocycles. The minimum atomic E-state index is -0.112. The maximum atomic E-state index is 13.0. The van der Waals surface area contributed by atoms with Crippen LogP contribution in [0.4, 0.5) is 0 Å². The number of aryl methyl sites for hydroxylation is 1. The maximum absolute atomic E-state index is 13.0. The van der Waals surface area contributed by atoms with Gasteiger partial charge >= 0.3 is 0 Å². The van der Waals surface area contributed by atoms with E-state index in [4.69, 9.17) is 14.2 Å². The first-order chi connectivity index (χ1) is 16.5. The zero-order chi connectivity index (χ0) is 24.2. The van der Waals surface area contributed by atoms with Crippen molar-refractivity contribution in [1.82, 2.24) is 5.32 Å². The molecule has 2 N–H and O–H groups in total. The molecule has 0 unspecified atom stereocenters. The summed E-state index contributed by atoms with van der Waals surface area (Å²) in [5, 5.41) is 13.8. The zero-order valence-corrected chi connectivity index (χ0v) is 20.6. The summed E-state index contributed by atoms with van der Waals surface area (Å²) in [5.74, 6) is 1.96. The van der Waals surface area contributed by atoms with Gasteiger partial charge in [0.05, 0.1) is 26.2 Å². The molecule has 0 saturated heterocycles. The summed E-state index contributed by atoms with van der Waals surface area (Å²) >= 11 is 1.43. The minimum absolute atomic E-state index is 0.0222. The summed E-state index contributed by atoms with van der Waals surface area (Å²) < 4.78 is 17.1. The average Bonchev–Trinajstić information content (AvgIpc) is 3.10. The van der Waals surface area contributed by atoms with Crippen LogP contribution in [-0.4, -0.2) is 32.7 Å². The third-order valence-electron chi connectivity index (χ3n) is 6.25. The van der Waals surface area contributed by atoms with Crippen molar-refractivity contribution in [1.29, 1.82) is 0 Å². The van der Waals surface area contributed by atoms with E-state index in [9.17, 15) is 9.90 Å². The molecule has 1 aliphatic rings. The number of phenolic OH excluding ortho intramolecular Hbond substituents is 1. The van der Waals surface area contributed by atoms with Crippen molar-refractivity contribution in [3.05, 3.63) is 75.4 Å². The predicted molar refractivity (Wildman–Crippen MR) is 136 cm³/mol. The first kappa shape index (κ1) is 24.0. The fourth-order valence-corrected chi connectivity index (χ4v) is 5.04. The molecule has 6 nitrogen and oxygen atoms in total. The van der Waals surface area contributed by atoms with Gasteiger partial charge in [-0.1, -0.05) is 24.3 Å². The Balaban J connectivity index is 1.91. The molecular formula is C27H29NO5S. The van der Waals surface area contributed by atoms with Crippen molar-refractivity contribution in [2.24, 2.45) is 0 Å². The summed E-state index contributed by atoms with van der Waals surface area (Å²) in [4.78, 5) is 13.7. The smallest absolute Gasteiger partial charge is 0.203 e. The second-order valence-electron chi connectivity index (χ2n) is 8.06. The van der Waals surface area contributed by atoms with E-state index >= 15 is 0 Å². The molecule has 0 bridgehead atoms. The van der Waals surface area contributed by atoms with Gasteiger partial charge in [-0.15, -0.1) is 11.8 Å². The first-order valence-electron chi connectivity index (χ1n) is 11.1. The maximum Gasteiger partial charge on any atom is 0.203 e. The molecule has 0 saturated carbocycles. The Morgan fingerprint density at radius 3 is 2.47 bits per heavy atom. The number of hydrogen-bond donors (Lipinski definition) is 2. The molecule has 1 aliphatic carbocycles. The largest absolute Gasteiger partial charge is 0.508 e. The number of hydrogen-bond acceptors (Lipinski definition) is 7. The SMILES string of the molecule is COc1cc2c(c(OC)c1OC)-c1ccc(SC)c(=O)cc1[C@@H](NCc1ccccc1O)CC2. The number of aromatic hydroxyl groups is 1. The minimum Gasteiger partial charge on any atom is -0.508 e. The molecule has 0 fully saturated rings. The predicted octanol–water partition coefficient (Wildman–Crippen LogP) is 4.94. The monoisotopic (exact) mass is 479 g/mol. The Hall–Kier alpha value is -3.16. The lowest BCUT2D eigenvalue weighted by atomic mass is 9.95. The van der Waals surface area contributed by atoms with Crippen LogP contribution >= 0.6 is 11.8 Å². The fraction of sp³-hybridized carbons (Fsp3) is 0.296. The molecule has 3 aromatic rings. The van der Waals surface area contributed by atoms with Gasteiger partial charge in [0.25, 0.3) is 0 Å².